The molecule has 0 radical (unpaired) electrons. The van der Waals surface area contributed by atoms with Gasteiger partial charge in [-0.1, -0.05) is 66.7 Å². The lowest BCUT2D eigenvalue weighted by atomic mass is 9.93. The van der Waals surface area contributed by atoms with Gasteiger partial charge in [-0.15, -0.1) is 0 Å². The average molecular weight is 437 g/mol. The Morgan fingerprint density at radius 3 is 2.45 bits per heavy atom. The van der Waals surface area contributed by atoms with E-state index in [1.807, 2.05) is 85.8 Å². The van der Waals surface area contributed by atoms with Crippen LogP contribution in [0.4, 0.5) is 5.95 Å². The number of benzene rings is 3. The molecule has 1 amide bonds. The summed E-state index contributed by atoms with van der Waals surface area (Å²) in [6.45, 7) is 1.98. The zero-order chi connectivity index (χ0) is 22.9. The summed E-state index contributed by atoms with van der Waals surface area (Å²) in [5.74, 6) is -1.11. The van der Waals surface area contributed by atoms with Gasteiger partial charge in [0.1, 0.15) is 0 Å². The summed E-state index contributed by atoms with van der Waals surface area (Å²) in [4.78, 5) is 35.7. The summed E-state index contributed by atoms with van der Waals surface area (Å²) < 4.78 is 0. The van der Waals surface area contributed by atoms with Gasteiger partial charge in [-0.25, -0.2) is 4.98 Å². The number of aliphatic hydroxyl groups is 1. The lowest BCUT2D eigenvalue weighted by Crippen LogP contribution is -2.32. The van der Waals surface area contributed by atoms with Crippen molar-refractivity contribution in [2.45, 2.75) is 25.8 Å². The van der Waals surface area contributed by atoms with Gasteiger partial charge in [0.15, 0.2) is 11.5 Å². The van der Waals surface area contributed by atoms with Crippen molar-refractivity contribution in [3.05, 3.63) is 107 Å². The van der Waals surface area contributed by atoms with E-state index in [-0.39, 0.29) is 17.8 Å². The fraction of sp³-hybridized carbons (Fsp3) is 0.148. The number of imidazole rings is 1. The maximum atomic E-state index is 13.3. The van der Waals surface area contributed by atoms with Gasteiger partial charge in [-0.3, -0.25) is 14.5 Å². The number of anilines is 1. The number of nitrogens with zero attached hydrogens (tertiary/aromatic N) is 2. The normalized spacial score (nSPS) is 16.1. The van der Waals surface area contributed by atoms with E-state index < -0.39 is 17.7 Å². The second-order valence-corrected chi connectivity index (χ2v) is 8.24. The molecule has 3 aromatic carbocycles. The molecule has 0 aliphatic carbocycles. The van der Waals surface area contributed by atoms with Gasteiger partial charge in [0.2, 0.25) is 5.95 Å². The monoisotopic (exact) mass is 437 g/mol. The third-order valence-corrected chi connectivity index (χ3v) is 5.96. The zero-order valence-electron chi connectivity index (χ0n) is 18.2. The van der Waals surface area contributed by atoms with Crippen molar-refractivity contribution in [3.8, 4) is 0 Å². The third-order valence-electron chi connectivity index (χ3n) is 5.96. The van der Waals surface area contributed by atoms with E-state index >= 15 is 0 Å². The van der Waals surface area contributed by atoms with E-state index in [1.165, 1.54) is 4.90 Å². The number of hydrogen-bond donors (Lipinski definition) is 2. The van der Waals surface area contributed by atoms with Gasteiger partial charge < -0.3 is 10.1 Å². The summed E-state index contributed by atoms with van der Waals surface area (Å²) in [6, 6.07) is 24.0. The number of aromatic nitrogens is 2. The number of hydrogen-bond acceptors (Lipinski definition) is 4. The van der Waals surface area contributed by atoms with Crippen molar-refractivity contribution in [1.29, 1.82) is 0 Å². The molecule has 1 aliphatic heterocycles. The molecule has 1 unspecified atom stereocenters. The highest BCUT2D eigenvalue weighted by molar-refractivity contribution is 6.16. The molecule has 0 spiro atoms. The van der Waals surface area contributed by atoms with Crippen LogP contribution in [0, 0.1) is 6.92 Å². The van der Waals surface area contributed by atoms with E-state index in [2.05, 4.69) is 9.97 Å². The maximum absolute atomic E-state index is 13.3. The Hall–Kier alpha value is -4.19. The van der Waals surface area contributed by atoms with E-state index in [9.17, 15) is 14.7 Å². The molecule has 0 bridgehead atoms. The molecule has 6 heteroatoms. The topological polar surface area (TPSA) is 86.3 Å². The molecular formula is C27H23N3O3. The number of H-pyrrole nitrogens is 1. The van der Waals surface area contributed by atoms with Crippen molar-refractivity contribution in [3.63, 3.8) is 0 Å². The van der Waals surface area contributed by atoms with Gasteiger partial charge in [-0.05, 0) is 42.2 Å². The SMILES string of the molecule is Cc1ccc2nc(N3C(=O)C(O)=C(C(=O)CCc4ccccc4)C3c3ccccc3)[nH]c2c1. The maximum Gasteiger partial charge on any atom is 0.296 e. The van der Waals surface area contributed by atoms with Crippen LogP contribution in [0.3, 0.4) is 0 Å². The molecule has 1 aromatic heterocycles. The molecule has 164 valence electrons. The quantitative estimate of drug-likeness (QED) is 0.446. The predicted molar refractivity (Wildman–Crippen MR) is 127 cm³/mol. The number of aliphatic hydroxyl groups excluding tert-OH is 1. The molecule has 33 heavy (non-hydrogen) atoms. The van der Waals surface area contributed by atoms with Gasteiger partial charge in [0.25, 0.3) is 5.91 Å². The largest absolute Gasteiger partial charge is 0.503 e. The molecule has 5 rings (SSSR count). The number of Topliss-reactive ketones (excluding diaryl/α,β-unsaturated/α-hetero) is 1. The zero-order valence-corrected chi connectivity index (χ0v) is 18.2. The van der Waals surface area contributed by atoms with Crippen LogP contribution in [-0.2, 0) is 16.0 Å². The minimum absolute atomic E-state index is 0.110. The second kappa shape index (κ2) is 8.39. The number of nitrogens with one attached hydrogen (secondary N) is 1. The Kier molecular flexibility index (Phi) is 5.26. The molecule has 2 heterocycles. The molecule has 0 saturated carbocycles. The molecule has 6 nitrogen and oxygen atoms in total. The summed E-state index contributed by atoms with van der Waals surface area (Å²) in [5.41, 5.74) is 4.42. The number of carbonyl (C=O) groups is 2. The van der Waals surface area contributed by atoms with Crippen molar-refractivity contribution >= 4 is 28.7 Å². The Balaban J connectivity index is 1.54. The molecule has 0 fully saturated rings. The summed E-state index contributed by atoms with van der Waals surface area (Å²) in [5, 5.41) is 10.8. The molecule has 0 saturated heterocycles. The highest BCUT2D eigenvalue weighted by Crippen LogP contribution is 2.40. The number of amides is 1. The molecule has 4 aromatic rings. The third kappa shape index (κ3) is 3.80. The van der Waals surface area contributed by atoms with Crippen LogP contribution in [0.2, 0.25) is 0 Å². The number of aryl methyl sites for hydroxylation is 2. The summed E-state index contributed by atoms with van der Waals surface area (Å²) >= 11 is 0. The second-order valence-electron chi connectivity index (χ2n) is 8.24. The molecular weight excluding hydrogens is 414 g/mol. The fourth-order valence-electron chi connectivity index (χ4n) is 4.32. The van der Waals surface area contributed by atoms with Gasteiger partial charge >= 0.3 is 0 Å². The van der Waals surface area contributed by atoms with Gasteiger partial charge in [-0.2, -0.15) is 0 Å². The number of ketones is 1. The Morgan fingerprint density at radius 1 is 1.03 bits per heavy atom. The first-order valence-corrected chi connectivity index (χ1v) is 10.9. The molecule has 1 aliphatic rings. The highest BCUT2D eigenvalue weighted by Gasteiger charge is 2.45. The predicted octanol–water partition coefficient (Wildman–Crippen LogP) is 4.97. The number of rotatable bonds is 6. The first kappa shape index (κ1) is 20.7. The molecule has 2 N–H and O–H groups in total. The lowest BCUT2D eigenvalue weighted by molar-refractivity contribution is -0.118. The van der Waals surface area contributed by atoms with Crippen LogP contribution in [0.5, 0.6) is 0 Å². The van der Waals surface area contributed by atoms with E-state index in [4.69, 9.17) is 0 Å². The average Bonchev–Trinajstić information content (AvgIpc) is 3.36. The fourth-order valence-corrected chi connectivity index (χ4v) is 4.32. The highest BCUT2D eigenvalue weighted by atomic mass is 16.3. The smallest absolute Gasteiger partial charge is 0.296 e. The number of fused-ring (bicyclic) bond motifs is 1. The van der Waals surface area contributed by atoms with Crippen molar-refractivity contribution in [2.24, 2.45) is 0 Å². The molecule has 1 atom stereocenters. The van der Waals surface area contributed by atoms with Crippen molar-refractivity contribution in [1.82, 2.24) is 9.97 Å². The van der Waals surface area contributed by atoms with Crippen LogP contribution in [0.15, 0.2) is 90.2 Å². The minimum Gasteiger partial charge on any atom is -0.503 e. The van der Waals surface area contributed by atoms with Crippen LogP contribution in [-0.4, -0.2) is 26.8 Å². The van der Waals surface area contributed by atoms with Gasteiger partial charge in [0.05, 0.1) is 22.6 Å². The van der Waals surface area contributed by atoms with Crippen molar-refractivity contribution in [2.75, 3.05) is 4.90 Å². The standard InChI is InChI=1S/C27H23N3O3/c1-17-12-14-20-21(16-17)29-27(28-20)30-24(19-10-6-3-7-11-19)23(25(32)26(30)33)22(31)15-13-18-8-4-2-5-9-18/h2-12,14,16,24,32H,13,15H2,1H3,(H,28,29). The summed E-state index contributed by atoms with van der Waals surface area (Å²) in [6.07, 6.45) is 0.712. The Labute approximate surface area is 191 Å². The van der Waals surface area contributed by atoms with Crippen LogP contribution >= 0.6 is 0 Å². The van der Waals surface area contributed by atoms with Gasteiger partial charge in [0, 0.05) is 6.42 Å². The van der Waals surface area contributed by atoms with Crippen LogP contribution < -0.4 is 4.90 Å². The van der Waals surface area contributed by atoms with Crippen LogP contribution in [0.1, 0.15) is 29.2 Å². The van der Waals surface area contributed by atoms with E-state index in [1.54, 1.807) is 0 Å². The van der Waals surface area contributed by atoms with E-state index in [0.29, 0.717) is 17.9 Å². The first-order chi connectivity index (χ1) is 16.0. The Morgan fingerprint density at radius 2 is 1.73 bits per heavy atom. The number of aromatic amines is 1. The summed E-state index contributed by atoms with van der Waals surface area (Å²) in [7, 11) is 0. The van der Waals surface area contributed by atoms with Crippen LogP contribution in [0.25, 0.3) is 11.0 Å². The lowest BCUT2D eigenvalue weighted by Gasteiger charge is -2.24. The van der Waals surface area contributed by atoms with Crippen molar-refractivity contribution < 1.29 is 14.7 Å². The number of carbonyl (C=O) groups excluding carboxylic acids is 2. The minimum atomic E-state index is -0.761. The first-order valence-electron chi connectivity index (χ1n) is 10.9. The van der Waals surface area contributed by atoms with E-state index in [0.717, 1.165) is 22.2 Å². The Bertz CT molecular complexity index is 1370.